The lowest BCUT2D eigenvalue weighted by Gasteiger charge is -2.17. The number of hydrogen-bond acceptors (Lipinski definition) is 5. The van der Waals surface area contributed by atoms with Crippen molar-refractivity contribution >= 4 is 54.9 Å². The van der Waals surface area contributed by atoms with Crippen LogP contribution < -0.4 is 24.5 Å². The summed E-state index contributed by atoms with van der Waals surface area (Å²) >= 11 is 2.37. The van der Waals surface area contributed by atoms with E-state index in [0.717, 1.165) is 44.2 Å². The molecule has 0 aliphatic carbocycles. The lowest BCUT2D eigenvalue weighted by atomic mass is 9.94. The molecule has 0 amide bonds. The zero-order chi connectivity index (χ0) is 22.8. The molecule has 0 fully saturated rings. The predicted molar refractivity (Wildman–Crippen MR) is 138 cm³/mol. The molecule has 0 saturated heterocycles. The minimum absolute atomic E-state index is 0.00939. The minimum atomic E-state index is -0.00939. The van der Waals surface area contributed by atoms with E-state index in [9.17, 15) is 4.79 Å². The fraction of sp³-hybridized carbons (Fsp3) is 0.320. The quantitative estimate of drug-likeness (QED) is 0.125. The molecule has 0 unspecified atom stereocenters. The van der Waals surface area contributed by atoms with E-state index in [0.29, 0.717) is 34.9 Å². The molecule has 6 nitrogen and oxygen atoms in total. The van der Waals surface area contributed by atoms with E-state index in [-0.39, 0.29) is 5.56 Å². The highest BCUT2D eigenvalue weighted by molar-refractivity contribution is 14.1. The summed E-state index contributed by atoms with van der Waals surface area (Å²) in [4.78, 5) is 13.6. The van der Waals surface area contributed by atoms with Crippen LogP contribution in [0.25, 0.3) is 32.3 Å². The first-order valence-corrected chi connectivity index (χ1v) is 11.9. The number of ether oxygens (including phenoxy) is 4. The van der Waals surface area contributed by atoms with Crippen molar-refractivity contribution in [2.75, 3.05) is 32.9 Å². The number of hydrogen-bond donors (Lipinski definition) is 0. The van der Waals surface area contributed by atoms with Crippen LogP contribution in [0.2, 0.25) is 0 Å². The van der Waals surface area contributed by atoms with Crippen molar-refractivity contribution in [3.05, 3.63) is 46.9 Å². The maximum absolute atomic E-state index is 13.6. The molecule has 1 aromatic heterocycles. The number of benzene rings is 3. The van der Waals surface area contributed by atoms with Crippen LogP contribution in [0.15, 0.2) is 41.3 Å². The lowest BCUT2D eigenvalue weighted by Crippen LogP contribution is -2.20. The van der Waals surface area contributed by atoms with Gasteiger partial charge in [0.15, 0.2) is 23.0 Å². The molecular weight excluding hydrogens is 521 g/mol. The van der Waals surface area contributed by atoms with E-state index < -0.39 is 0 Å². The zero-order valence-electron chi connectivity index (χ0n) is 18.7. The van der Waals surface area contributed by atoms with Gasteiger partial charge >= 0.3 is 0 Å². The summed E-state index contributed by atoms with van der Waals surface area (Å²) in [5.74, 6) is 2.43. The van der Waals surface area contributed by atoms with Crippen molar-refractivity contribution in [3.63, 3.8) is 0 Å². The van der Waals surface area contributed by atoms with Gasteiger partial charge in [-0.05, 0) is 74.5 Å². The third-order valence-electron chi connectivity index (χ3n) is 5.84. The number of alkyl halides is 1. The van der Waals surface area contributed by atoms with Crippen molar-refractivity contribution in [1.29, 1.82) is 0 Å². The second kappa shape index (κ2) is 9.44. The Labute approximate surface area is 200 Å². The fourth-order valence-corrected chi connectivity index (χ4v) is 4.78. The predicted octanol–water partition coefficient (Wildman–Crippen LogP) is 5.56. The van der Waals surface area contributed by atoms with E-state index in [1.807, 2.05) is 36.5 Å². The third-order valence-corrected chi connectivity index (χ3v) is 6.61. The Morgan fingerprint density at radius 1 is 0.719 bits per heavy atom. The minimum Gasteiger partial charge on any atom is -0.493 e. The largest absolute Gasteiger partial charge is 0.493 e. The molecule has 0 saturated carbocycles. The highest BCUT2D eigenvalue weighted by Gasteiger charge is 2.18. The number of fused-ring (bicyclic) bond motifs is 6. The Balaban J connectivity index is 2.18. The number of nitrogens with zero attached hydrogens (tertiary/aromatic N) is 1. The Morgan fingerprint density at radius 2 is 1.19 bits per heavy atom. The summed E-state index contributed by atoms with van der Waals surface area (Å²) < 4.78 is 25.1. The third kappa shape index (κ3) is 3.72. The molecule has 0 atom stereocenters. The van der Waals surface area contributed by atoms with Gasteiger partial charge in [0.1, 0.15) is 0 Å². The summed E-state index contributed by atoms with van der Waals surface area (Å²) in [6, 6.07) is 9.73. The van der Waals surface area contributed by atoms with Crippen LogP contribution in [0.3, 0.4) is 0 Å². The molecule has 3 aromatic carbocycles. The molecule has 0 spiro atoms. The number of aromatic nitrogens is 1. The topological polar surface area (TPSA) is 58.9 Å². The van der Waals surface area contributed by atoms with Crippen LogP contribution >= 0.6 is 22.6 Å². The van der Waals surface area contributed by atoms with Crippen LogP contribution in [0.4, 0.5) is 0 Å². The van der Waals surface area contributed by atoms with Crippen molar-refractivity contribution in [3.8, 4) is 23.0 Å². The van der Waals surface area contributed by atoms with Gasteiger partial charge in [0.05, 0.1) is 33.8 Å². The van der Waals surface area contributed by atoms with E-state index >= 15 is 0 Å². The average Bonchev–Trinajstić information content (AvgIpc) is 2.83. The molecule has 168 valence electrons. The standard InChI is InChI=1S/C25H26INO5/c1-29-20-11-16-15-7-10-27(9-6-5-8-26)25(28)24(15)19-14-23(32-4)22(31-3)13-18(19)17(16)12-21(20)30-2/h7,10-14H,5-6,8-9H2,1-4H3. The second-order valence-corrected chi connectivity index (χ2v) is 8.58. The van der Waals surface area contributed by atoms with Gasteiger partial charge in [-0.25, -0.2) is 0 Å². The van der Waals surface area contributed by atoms with Crippen LogP contribution in [-0.4, -0.2) is 37.4 Å². The van der Waals surface area contributed by atoms with E-state index in [1.54, 1.807) is 33.0 Å². The summed E-state index contributed by atoms with van der Waals surface area (Å²) in [7, 11) is 6.44. The number of pyridine rings is 1. The van der Waals surface area contributed by atoms with Gasteiger partial charge in [0, 0.05) is 12.7 Å². The number of methoxy groups -OCH3 is 4. The highest BCUT2D eigenvalue weighted by atomic mass is 127. The summed E-state index contributed by atoms with van der Waals surface area (Å²) in [6.45, 7) is 0.691. The van der Waals surface area contributed by atoms with Crippen LogP contribution in [0.5, 0.6) is 23.0 Å². The zero-order valence-corrected chi connectivity index (χ0v) is 20.8. The van der Waals surface area contributed by atoms with Crippen molar-refractivity contribution in [1.82, 2.24) is 4.57 Å². The van der Waals surface area contributed by atoms with Crippen molar-refractivity contribution in [2.24, 2.45) is 0 Å². The van der Waals surface area contributed by atoms with Gasteiger partial charge in [0.25, 0.3) is 5.56 Å². The normalized spacial score (nSPS) is 11.3. The second-order valence-electron chi connectivity index (χ2n) is 7.50. The van der Waals surface area contributed by atoms with Gasteiger partial charge in [-0.1, -0.05) is 22.6 Å². The van der Waals surface area contributed by atoms with Gasteiger partial charge < -0.3 is 23.5 Å². The average molecular weight is 547 g/mol. The van der Waals surface area contributed by atoms with E-state index in [2.05, 4.69) is 22.6 Å². The highest BCUT2D eigenvalue weighted by Crippen LogP contribution is 2.43. The Bertz CT molecular complexity index is 1360. The lowest BCUT2D eigenvalue weighted by molar-refractivity contribution is 0.355. The number of unbranched alkanes of at least 4 members (excludes halogenated alkanes) is 1. The van der Waals surface area contributed by atoms with Gasteiger partial charge in [-0.3, -0.25) is 4.79 Å². The monoisotopic (exact) mass is 547 g/mol. The summed E-state index contributed by atoms with van der Waals surface area (Å²) in [6.07, 6.45) is 3.92. The summed E-state index contributed by atoms with van der Waals surface area (Å²) in [5.41, 5.74) is -0.00939. The Morgan fingerprint density at radius 3 is 1.69 bits per heavy atom. The smallest absolute Gasteiger partial charge is 0.259 e. The first kappa shape index (κ1) is 22.5. The summed E-state index contributed by atoms with van der Waals surface area (Å²) in [5, 5.41) is 5.13. The SMILES string of the molecule is COc1cc2c(cc1OC)c1ccn(CCCCI)c(=O)c1c1cc(OC)c(OC)cc21. The molecule has 0 N–H and O–H groups in total. The molecule has 4 aromatic rings. The Kier molecular flexibility index (Phi) is 6.64. The van der Waals surface area contributed by atoms with E-state index in [1.165, 1.54) is 0 Å². The first-order chi connectivity index (χ1) is 15.6. The molecule has 7 heteroatoms. The Hall–Kier alpha value is -2.68. The molecule has 0 radical (unpaired) electrons. The molecule has 1 heterocycles. The van der Waals surface area contributed by atoms with Gasteiger partial charge in [-0.15, -0.1) is 0 Å². The van der Waals surface area contributed by atoms with Crippen LogP contribution in [0.1, 0.15) is 12.8 Å². The molecule has 0 bridgehead atoms. The molecule has 4 rings (SSSR count). The van der Waals surface area contributed by atoms with Crippen LogP contribution in [0, 0.1) is 0 Å². The molecule has 32 heavy (non-hydrogen) atoms. The molecule has 0 aliphatic heterocycles. The molecule has 0 aliphatic rings. The van der Waals surface area contributed by atoms with Crippen LogP contribution in [-0.2, 0) is 6.54 Å². The van der Waals surface area contributed by atoms with Gasteiger partial charge in [0.2, 0.25) is 0 Å². The molecular formula is C25H26INO5. The maximum atomic E-state index is 13.6. The maximum Gasteiger partial charge on any atom is 0.259 e. The van der Waals surface area contributed by atoms with Crippen molar-refractivity contribution < 1.29 is 18.9 Å². The number of aryl methyl sites for hydroxylation is 1. The van der Waals surface area contributed by atoms with Crippen molar-refractivity contribution in [2.45, 2.75) is 19.4 Å². The first-order valence-electron chi connectivity index (χ1n) is 10.4. The fourth-order valence-electron chi connectivity index (χ4n) is 4.25. The number of rotatable bonds is 8. The van der Waals surface area contributed by atoms with E-state index in [4.69, 9.17) is 18.9 Å². The van der Waals surface area contributed by atoms with Gasteiger partial charge in [-0.2, -0.15) is 0 Å². The number of halogens is 1.